The minimum absolute atomic E-state index is 0.243. The number of rotatable bonds is 2. The first-order chi connectivity index (χ1) is 6.21. The lowest BCUT2D eigenvalue weighted by atomic mass is 10.2. The SMILES string of the molecule is CC(C)(n1cccn1)n1cccn1. The first kappa shape index (κ1) is 8.04. The quantitative estimate of drug-likeness (QED) is 0.691. The van der Waals surface area contributed by atoms with Crippen molar-refractivity contribution >= 4 is 0 Å². The van der Waals surface area contributed by atoms with E-state index in [0.717, 1.165) is 0 Å². The van der Waals surface area contributed by atoms with Gasteiger partial charge in [0.1, 0.15) is 5.66 Å². The summed E-state index contributed by atoms with van der Waals surface area (Å²) in [7, 11) is 0. The molecular weight excluding hydrogens is 164 g/mol. The zero-order valence-corrected chi connectivity index (χ0v) is 7.75. The van der Waals surface area contributed by atoms with E-state index < -0.39 is 0 Å². The van der Waals surface area contributed by atoms with Gasteiger partial charge in [-0.25, -0.2) is 9.36 Å². The van der Waals surface area contributed by atoms with Crippen LogP contribution in [0.5, 0.6) is 0 Å². The van der Waals surface area contributed by atoms with Gasteiger partial charge in [0.15, 0.2) is 0 Å². The van der Waals surface area contributed by atoms with Crippen LogP contribution < -0.4 is 0 Å². The molecular formula is C9H12N4. The van der Waals surface area contributed by atoms with Gasteiger partial charge in [-0.3, -0.25) is 0 Å². The van der Waals surface area contributed by atoms with Crippen LogP contribution in [-0.2, 0) is 5.66 Å². The average molecular weight is 176 g/mol. The molecule has 4 nitrogen and oxygen atoms in total. The molecule has 0 aliphatic heterocycles. The molecule has 0 saturated carbocycles. The van der Waals surface area contributed by atoms with Crippen molar-refractivity contribution in [3.8, 4) is 0 Å². The summed E-state index contributed by atoms with van der Waals surface area (Å²) in [6, 6.07) is 3.82. The molecule has 0 fully saturated rings. The molecule has 0 aromatic carbocycles. The Labute approximate surface area is 76.8 Å². The summed E-state index contributed by atoms with van der Waals surface area (Å²) in [6.45, 7) is 4.12. The summed E-state index contributed by atoms with van der Waals surface area (Å²) in [6.07, 6.45) is 7.40. The van der Waals surface area contributed by atoms with Crippen molar-refractivity contribution in [2.75, 3.05) is 0 Å². The summed E-state index contributed by atoms with van der Waals surface area (Å²) in [5.74, 6) is 0. The molecule has 0 N–H and O–H groups in total. The van der Waals surface area contributed by atoms with Crippen molar-refractivity contribution in [3.63, 3.8) is 0 Å². The molecule has 0 radical (unpaired) electrons. The molecule has 0 aliphatic carbocycles. The highest BCUT2D eigenvalue weighted by Gasteiger charge is 2.22. The molecule has 0 spiro atoms. The Bertz CT molecular complexity index is 322. The molecule has 0 amide bonds. The van der Waals surface area contributed by atoms with Crippen LogP contribution in [0, 0.1) is 0 Å². The molecule has 2 aromatic heterocycles. The maximum Gasteiger partial charge on any atom is 0.148 e. The van der Waals surface area contributed by atoms with E-state index in [1.54, 1.807) is 12.4 Å². The van der Waals surface area contributed by atoms with Crippen molar-refractivity contribution in [1.82, 2.24) is 19.6 Å². The van der Waals surface area contributed by atoms with Crippen LogP contribution in [-0.4, -0.2) is 19.6 Å². The Kier molecular flexibility index (Phi) is 1.69. The molecule has 4 heteroatoms. The van der Waals surface area contributed by atoms with Gasteiger partial charge in [-0.2, -0.15) is 10.2 Å². The van der Waals surface area contributed by atoms with Crippen LogP contribution in [0.3, 0.4) is 0 Å². The van der Waals surface area contributed by atoms with Crippen LogP contribution in [0.4, 0.5) is 0 Å². The second kappa shape index (κ2) is 2.73. The highest BCUT2D eigenvalue weighted by Crippen LogP contribution is 2.14. The lowest BCUT2D eigenvalue weighted by Gasteiger charge is -2.25. The fourth-order valence-corrected chi connectivity index (χ4v) is 1.29. The Balaban J connectivity index is 2.42. The van der Waals surface area contributed by atoms with Crippen LogP contribution in [0.15, 0.2) is 36.9 Å². The molecule has 13 heavy (non-hydrogen) atoms. The van der Waals surface area contributed by atoms with Crippen LogP contribution >= 0.6 is 0 Å². The smallest absolute Gasteiger partial charge is 0.148 e. The highest BCUT2D eigenvalue weighted by molar-refractivity contribution is 4.90. The van der Waals surface area contributed by atoms with Crippen LogP contribution in [0.2, 0.25) is 0 Å². The van der Waals surface area contributed by atoms with E-state index in [0.29, 0.717) is 0 Å². The summed E-state index contributed by atoms with van der Waals surface area (Å²) >= 11 is 0. The summed E-state index contributed by atoms with van der Waals surface area (Å²) < 4.78 is 3.75. The van der Waals surface area contributed by atoms with Gasteiger partial charge in [-0.05, 0) is 26.0 Å². The Morgan fingerprint density at radius 3 is 1.69 bits per heavy atom. The van der Waals surface area contributed by atoms with Crippen molar-refractivity contribution in [2.45, 2.75) is 19.5 Å². The summed E-state index contributed by atoms with van der Waals surface area (Å²) in [5, 5.41) is 8.40. The van der Waals surface area contributed by atoms with Crippen molar-refractivity contribution in [3.05, 3.63) is 36.9 Å². The van der Waals surface area contributed by atoms with Gasteiger partial charge >= 0.3 is 0 Å². The number of hydrogen-bond donors (Lipinski definition) is 0. The average Bonchev–Trinajstić information content (AvgIpc) is 2.78. The molecule has 2 aromatic rings. The molecule has 2 heterocycles. The molecule has 2 rings (SSSR count). The maximum atomic E-state index is 4.20. The van der Waals surface area contributed by atoms with E-state index in [2.05, 4.69) is 24.0 Å². The highest BCUT2D eigenvalue weighted by atomic mass is 15.5. The Morgan fingerprint density at radius 1 is 0.923 bits per heavy atom. The second-order valence-electron chi connectivity index (χ2n) is 3.40. The Hall–Kier alpha value is -1.58. The minimum Gasteiger partial charge on any atom is -0.246 e. The minimum atomic E-state index is -0.243. The standard InChI is InChI=1S/C9H12N4/c1-9(2,12-7-3-5-10-12)13-8-4-6-11-13/h3-8H,1-2H3. The van der Waals surface area contributed by atoms with Gasteiger partial charge in [-0.15, -0.1) is 0 Å². The van der Waals surface area contributed by atoms with E-state index in [-0.39, 0.29) is 5.66 Å². The number of nitrogens with zero attached hydrogens (tertiary/aromatic N) is 4. The summed E-state index contributed by atoms with van der Waals surface area (Å²) in [4.78, 5) is 0. The predicted molar refractivity (Wildman–Crippen MR) is 49.2 cm³/mol. The van der Waals surface area contributed by atoms with Crippen molar-refractivity contribution in [1.29, 1.82) is 0 Å². The molecule has 0 saturated heterocycles. The first-order valence-electron chi connectivity index (χ1n) is 4.21. The zero-order chi connectivity index (χ0) is 9.31. The van der Waals surface area contributed by atoms with Crippen LogP contribution in [0.25, 0.3) is 0 Å². The molecule has 0 aliphatic rings. The predicted octanol–water partition coefficient (Wildman–Crippen LogP) is 1.32. The van der Waals surface area contributed by atoms with E-state index in [4.69, 9.17) is 0 Å². The van der Waals surface area contributed by atoms with Crippen molar-refractivity contribution < 1.29 is 0 Å². The third-order valence-electron chi connectivity index (χ3n) is 2.13. The van der Waals surface area contributed by atoms with E-state index in [1.165, 1.54) is 0 Å². The molecule has 68 valence electrons. The molecule has 0 bridgehead atoms. The van der Waals surface area contributed by atoms with Crippen LogP contribution in [0.1, 0.15) is 13.8 Å². The van der Waals surface area contributed by atoms with E-state index >= 15 is 0 Å². The topological polar surface area (TPSA) is 35.6 Å². The number of aromatic nitrogens is 4. The second-order valence-corrected chi connectivity index (χ2v) is 3.40. The third-order valence-corrected chi connectivity index (χ3v) is 2.13. The van der Waals surface area contributed by atoms with Gasteiger partial charge in [0.2, 0.25) is 0 Å². The largest absolute Gasteiger partial charge is 0.246 e. The normalized spacial score (nSPS) is 11.8. The third kappa shape index (κ3) is 1.24. The lowest BCUT2D eigenvalue weighted by Crippen LogP contribution is -2.35. The maximum absolute atomic E-state index is 4.20. The zero-order valence-electron chi connectivity index (χ0n) is 7.75. The lowest BCUT2D eigenvalue weighted by molar-refractivity contribution is 0.235. The fourth-order valence-electron chi connectivity index (χ4n) is 1.29. The van der Waals surface area contributed by atoms with E-state index in [9.17, 15) is 0 Å². The molecule has 0 atom stereocenters. The molecule has 0 unspecified atom stereocenters. The van der Waals surface area contributed by atoms with Gasteiger partial charge in [0.25, 0.3) is 0 Å². The summed E-state index contributed by atoms with van der Waals surface area (Å²) in [5.41, 5.74) is -0.243. The first-order valence-corrected chi connectivity index (χ1v) is 4.21. The number of hydrogen-bond acceptors (Lipinski definition) is 2. The van der Waals surface area contributed by atoms with Gasteiger partial charge in [0, 0.05) is 24.8 Å². The van der Waals surface area contributed by atoms with Crippen molar-refractivity contribution in [2.24, 2.45) is 0 Å². The van der Waals surface area contributed by atoms with Gasteiger partial charge < -0.3 is 0 Å². The fraction of sp³-hybridized carbons (Fsp3) is 0.333. The van der Waals surface area contributed by atoms with E-state index in [1.807, 2.05) is 33.9 Å². The monoisotopic (exact) mass is 176 g/mol. The van der Waals surface area contributed by atoms with Gasteiger partial charge in [0.05, 0.1) is 0 Å². The Morgan fingerprint density at radius 2 is 1.38 bits per heavy atom. The van der Waals surface area contributed by atoms with Gasteiger partial charge in [-0.1, -0.05) is 0 Å².